The first kappa shape index (κ1) is 21.3. The van der Waals surface area contributed by atoms with E-state index in [-0.39, 0.29) is 18.0 Å². The van der Waals surface area contributed by atoms with E-state index in [1.54, 1.807) is 18.5 Å². The van der Waals surface area contributed by atoms with Crippen molar-refractivity contribution in [2.45, 2.75) is 31.9 Å². The highest BCUT2D eigenvalue weighted by molar-refractivity contribution is 6.35. The lowest BCUT2D eigenvalue weighted by Crippen LogP contribution is -2.48. The monoisotopic (exact) mass is 475 g/mol. The van der Waals surface area contributed by atoms with E-state index in [9.17, 15) is 4.79 Å². The molecule has 0 aliphatic carbocycles. The zero-order valence-electron chi connectivity index (χ0n) is 17.6. The summed E-state index contributed by atoms with van der Waals surface area (Å²) >= 11 is 12.7. The van der Waals surface area contributed by atoms with Gasteiger partial charge in [-0.2, -0.15) is 4.98 Å². The molecule has 0 radical (unpaired) electrons. The number of nitrogens with two attached hydrogens (primary N) is 1. The minimum atomic E-state index is -0.622. The van der Waals surface area contributed by atoms with E-state index in [2.05, 4.69) is 14.9 Å². The zero-order chi connectivity index (χ0) is 22.4. The number of hydrogen-bond donors (Lipinski definition) is 1. The van der Waals surface area contributed by atoms with E-state index >= 15 is 0 Å². The zero-order valence-corrected chi connectivity index (χ0v) is 19.1. The van der Waals surface area contributed by atoms with Crippen molar-refractivity contribution in [3.8, 4) is 0 Å². The van der Waals surface area contributed by atoms with Crippen molar-refractivity contribution in [3.63, 3.8) is 0 Å². The highest BCUT2D eigenvalue weighted by Gasteiger charge is 2.36. The lowest BCUT2D eigenvalue weighted by atomic mass is 9.93. The van der Waals surface area contributed by atoms with Crippen molar-refractivity contribution in [3.05, 3.63) is 45.7 Å². The van der Waals surface area contributed by atoms with Crippen LogP contribution in [0.3, 0.4) is 0 Å². The molecule has 2 aromatic heterocycles. The molecule has 2 atom stereocenters. The second-order valence-corrected chi connectivity index (χ2v) is 8.98. The maximum absolute atomic E-state index is 13.6. The van der Waals surface area contributed by atoms with E-state index in [1.807, 2.05) is 17.9 Å². The Balaban J connectivity index is 1.41. The molecule has 0 unspecified atom stereocenters. The van der Waals surface area contributed by atoms with Crippen LogP contribution in [0.25, 0.3) is 11.1 Å². The number of ether oxygens (including phenoxy) is 1. The van der Waals surface area contributed by atoms with Gasteiger partial charge in [0, 0.05) is 29.7 Å². The van der Waals surface area contributed by atoms with E-state index in [4.69, 9.17) is 38.1 Å². The van der Waals surface area contributed by atoms with Gasteiger partial charge in [-0.25, -0.2) is 0 Å². The number of carbonyl (C=O) groups is 1. The molecule has 0 saturated carbocycles. The minimum Gasteiger partial charge on any atom is -0.421 e. The number of oxazole rings is 1. The molecular formula is C22H23Cl2N5O3. The van der Waals surface area contributed by atoms with Gasteiger partial charge in [-0.05, 0) is 43.0 Å². The number of halogens is 2. The molecule has 2 aliphatic heterocycles. The SMILES string of the molecule is C[C@H]1c2c(Cl)cc(Cl)cc2CCN1C(=O)[C@H]1CN(c2cncc3nc(N)oc23)CCCO1. The van der Waals surface area contributed by atoms with Crippen LogP contribution in [0.15, 0.2) is 28.9 Å². The normalized spacial score (nSPS) is 21.5. The molecule has 1 aromatic carbocycles. The van der Waals surface area contributed by atoms with Gasteiger partial charge in [0.05, 0.1) is 25.0 Å². The minimum absolute atomic E-state index is 0.0571. The summed E-state index contributed by atoms with van der Waals surface area (Å²) in [4.78, 5) is 25.9. The molecule has 2 N–H and O–H groups in total. The maximum Gasteiger partial charge on any atom is 0.293 e. The van der Waals surface area contributed by atoms with Gasteiger partial charge in [-0.3, -0.25) is 9.78 Å². The van der Waals surface area contributed by atoms with Crippen LogP contribution in [0.2, 0.25) is 10.0 Å². The molecule has 2 aliphatic rings. The number of pyridine rings is 1. The molecule has 5 rings (SSSR count). The Kier molecular flexibility index (Phi) is 5.61. The lowest BCUT2D eigenvalue weighted by molar-refractivity contribution is -0.145. The lowest BCUT2D eigenvalue weighted by Gasteiger charge is -2.38. The van der Waals surface area contributed by atoms with Gasteiger partial charge in [0.2, 0.25) is 0 Å². The average Bonchev–Trinajstić information content (AvgIpc) is 2.97. The number of amides is 1. The molecule has 168 valence electrons. The Morgan fingerprint density at radius 3 is 2.94 bits per heavy atom. The van der Waals surface area contributed by atoms with Gasteiger partial charge < -0.3 is 24.7 Å². The van der Waals surface area contributed by atoms with Crippen LogP contribution >= 0.6 is 23.2 Å². The molecular weight excluding hydrogens is 453 g/mol. The molecule has 32 heavy (non-hydrogen) atoms. The summed E-state index contributed by atoms with van der Waals surface area (Å²) in [6, 6.07) is 3.58. The number of fused-ring (bicyclic) bond motifs is 2. The largest absolute Gasteiger partial charge is 0.421 e. The summed E-state index contributed by atoms with van der Waals surface area (Å²) in [5.41, 5.74) is 9.68. The quantitative estimate of drug-likeness (QED) is 0.600. The van der Waals surface area contributed by atoms with Crippen molar-refractivity contribution < 1.29 is 13.9 Å². The first-order valence-electron chi connectivity index (χ1n) is 10.6. The van der Waals surface area contributed by atoms with Crippen molar-refractivity contribution >= 4 is 51.9 Å². The third-order valence-corrected chi connectivity index (χ3v) is 6.69. The number of anilines is 2. The molecule has 1 fully saturated rings. The second kappa shape index (κ2) is 8.42. The van der Waals surface area contributed by atoms with E-state index in [0.717, 1.165) is 23.2 Å². The molecule has 4 heterocycles. The summed E-state index contributed by atoms with van der Waals surface area (Å²) in [5, 5.41) is 1.20. The van der Waals surface area contributed by atoms with Gasteiger partial charge in [0.1, 0.15) is 11.2 Å². The van der Waals surface area contributed by atoms with Gasteiger partial charge in [-0.1, -0.05) is 23.2 Å². The summed E-state index contributed by atoms with van der Waals surface area (Å²) in [6.07, 6.45) is 4.17. The highest BCUT2D eigenvalue weighted by atomic mass is 35.5. The molecule has 1 saturated heterocycles. The summed E-state index contributed by atoms with van der Waals surface area (Å²) in [6.45, 7) is 4.15. The van der Waals surface area contributed by atoms with Crippen LogP contribution in [0, 0.1) is 0 Å². The number of rotatable bonds is 2. The van der Waals surface area contributed by atoms with Crippen molar-refractivity contribution in [1.82, 2.24) is 14.9 Å². The number of nitrogens with zero attached hydrogens (tertiary/aromatic N) is 4. The van der Waals surface area contributed by atoms with Crippen molar-refractivity contribution in [2.24, 2.45) is 0 Å². The highest BCUT2D eigenvalue weighted by Crippen LogP contribution is 2.37. The van der Waals surface area contributed by atoms with Crippen LogP contribution in [0.1, 0.15) is 30.5 Å². The van der Waals surface area contributed by atoms with Gasteiger partial charge in [0.25, 0.3) is 11.9 Å². The molecule has 3 aromatic rings. The first-order valence-corrected chi connectivity index (χ1v) is 11.3. The van der Waals surface area contributed by atoms with Crippen molar-refractivity contribution in [1.29, 1.82) is 0 Å². The first-order chi connectivity index (χ1) is 15.4. The number of aromatic nitrogens is 2. The Morgan fingerprint density at radius 2 is 2.09 bits per heavy atom. The number of benzene rings is 1. The maximum atomic E-state index is 13.6. The van der Waals surface area contributed by atoms with Crippen LogP contribution in [-0.2, 0) is 16.0 Å². The fraction of sp³-hybridized carbons (Fsp3) is 0.409. The third-order valence-electron chi connectivity index (χ3n) is 6.16. The van der Waals surface area contributed by atoms with Crippen LogP contribution in [0.4, 0.5) is 11.7 Å². The predicted octanol–water partition coefficient (Wildman–Crippen LogP) is 3.85. The Labute approximate surface area is 195 Å². The number of nitrogen functional groups attached to an aromatic ring is 1. The van der Waals surface area contributed by atoms with Gasteiger partial charge in [0.15, 0.2) is 11.7 Å². The average molecular weight is 476 g/mol. The van der Waals surface area contributed by atoms with E-state index < -0.39 is 6.10 Å². The summed E-state index contributed by atoms with van der Waals surface area (Å²) < 4.78 is 11.6. The molecule has 1 amide bonds. The van der Waals surface area contributed by atoms with Crippen LogP contribution in [-0.4, -0.2) is 53.1 Å². The Bertz CT molecular complexity index is 1180. The second-order valence-electron chi connectivity index (χ2n) is 8.14. The number of hydrogen-bond acceptors (Lipinski definition) is 7. The van der Waals surface area contributed by atoms with Gasteiger partial charge in [-0.15, -0.1) is 0 Å². The Hall–Kier alpha value is -2.55. The number of carbonyl (C=O) groups excluding carboxylic acids is 1. The molecule has 0 spiro atoms. The molecule has 8 nitrogen and oxygen atoms in total. The fourth-order valence-electron chi connectivity index (χ4n) is 4.67. The van der Waals surface area contributed by atoms with Crippen LogP contribution in [0.5, 0.6) is 0 Å². The smallest absolute Gasteiger partial charge is 0.293 e. The van der Waals surface area contributed by atoms with Gasteiger partial charge >= 0.3 is 0 Å². The third kappa shape index (κ3) is 3.76. The molecule has 10 heteroatoms. The fourth-order valence-corrected chi connectivity index (χ4v) is 5.36. The topological polar surface area (TPSA) is 97.7 Å². The van der Waals surface area contributed by atoms with E-state index in [0.29, 0.717) is 53.8 Å². The summed E-state index contributed by atoms with van der Waals surface area (Å²) in [7, 11) is 0. The summed E-state index contributed by atoms with van der Waals surface area (Å²) in [5.74, 6) is -0.0571. The van der Waals surface area contributed by atoms with Crippen LogP contribution < -0.4 is 10.6 Å². The van der Waals surface area contributed by atoms with E-state index in [1.165, 1.54) is 0 Å². The standard InChI is InChI=1S/C22H23Cl2N5O3/c1-12-19-13(7-14(23)8-15(19)24)3-5-29(12)21(30)18-11-28(4-2-6-31-18)17-10-26-9-16-20(17)32-22(25)27-16/h7-10,12,18H,2-6,11H2,1H3,(H2,25,27)/t12-,18+/m0/s1. The molecule has 0 bridgehead atoms. The predicted molar refractivity (Wildman–Crippen MR) is 123 cm³/mol. The van der Waals surface area contributed by atoms with Crippen molar-refractivity contribution in [2.75, 3.05) is 36.9 Å². The Morgan fingerprint density at radius 1 is 1.25 bits per heavy atom.